The molecule has 2 atom stereocenters. The third kappa shape index (κ3) is 3.68. The van der Waals surface area contributed by atoms with Crippen LogP contribution in [-0.2, 0) is 22.7 Å². The van der Waals surface area contributed by atoms with Crippen LogP contribution in [0.15, 0.2) is 42.7 Å². The maximum absolute atomic E-state index is 12.5. The predicted molar refractivity (Wildman–Crippen MR) is 143 cm³/mol. The quantitative estimate of drug-likeness (QED) is 0.369. The molecule has 2 amide bonds. The Hall–Kier alpha value is -3.25. The van der Waals surface area contributed by atoms with E-state index < -0.39 is 5.41 Å². The maximum atomic E-state index is 12.5. The molecule has 4 aromatic rings. The molecule has 2 saturated heterocycles. The number of piperidine rings is 2. The molecule has 0 spiro atoms. The van der Waals surface area contributed by atoms with E-state index in [0.29, 0.717) is 24.5 Å². The lowest BCUT2D eigenvalue weighted by Gasteiger charge is -2.32. The largest absolute Gasteiger partial charge is 0.345 e. The summed E-state index contributed by atoms with van der Waals surface area (Å²) in [5.74, 6) is -0.279. The van der Waals surface area contributed by atoms with E-state index in [1.165, 1.54) is 4.90 Å². The number of carbonyl (C=O) groups is 2. The van der Waals surface area contributed by atoms with E-state index >= 15 is 0 Å². The molecule has 0 bridgehead atoms. The van der Waals surface area contributed by atoms with Gasteiger partial charge in [-0.1, -0.05) is 11.6 Å². The Morgan fingerprint density at radius 3 is 2.68 bits per heavy atom. The number of nitriles is 1. The number of rotatable bonds is 5. The van der Waals surface area contributed by atoms with E-state index in [2.05, 4.69) is 33.2 Å². The lowest BCUT2D eigenvalue weighted by Crippen LogP contribution is -2.38. The summed E-state index contributed by atoms with van der Waals surface area (Å²) in [5.41, 5.74) is 3.47. The number of fused-ring (bicyclic) bond motifs is 3. The van der Waals surface area contributed by atoms with Crippen molar-refractivity contribution in [3.05, 3.63) is 52.6 Å². The van der Waals surface area contributed by atoms with Crippen LogP contribution in [0, 0.1) is 28.6 Å². The monoisotopic (exact) mass is 529 g/mol. The highest BCUT2D eigenvalue weighted by Crippen LogP contribution is 2.48. The number of amides is 2. The molecule has 9 heteroatoms. The summed E-state index contributed by atoms with van der Waals surface area (Å²) in [4.78, 5) is 32.0. The van der Waals surface area contributed by atoms with Crippen LogP contribution in [0.3, 0.4) is 0 Å². The number of thiophene rings is 1. The minimum atomic E-state index is -0.409. The van der Waals surface area contributed by atoms with E-state index in [9.17, 15) is 14.9 Å². The van der Waals surface area contributed by atoms with E-state index in [1.807, 2.05) is 24.3 Å². The van der Waals surface area contributed by atoms with Crippen LogP contribution >= 0.6 is 22.9 Å². The molecule has 37 heavy (non-hydrogen) atoms. The third-order valence-corrected chi connectivity index (χ3v) is 9.48. The van der Waals surface area contributed by atoms with Gasteiger partial charge in [0.05, 0.1) is 45.6 Å². The zero-order valence-electron chi connectivity index (χ0n) is 20.0. The fraction of sp³-hybridized carbons (Fsp3) is 0.357. The number of hydrogen-bond acceptors (Lipinski definition) is 6. The van der Waals surface area contributed by atoms with E-state index in [1.54, 1.807) is 17.5 Å². The zero-order chi connectivity index (χ0) is 25.3. The van der Waals surface area contributed by atoms with Gasteiger partial charge in [-0.05, 0) is 62.7 Å². The number of aromatic nitrogens is 2. The Morgan fingerprint density at radius 1 is 1.14 bits per heavy atom. The Labute approximate surface area is 222 Å². The van der Waals surface area contributed by atoms with Crippen molar-refractivity contribution >= 4 is 55.9 Å². The maximum Gasteiger partial charge on any atom is 0.233 e. The number of halogens is 1. The van der Waals surface area contributed by atoms with Crippen molar-refractivity contribution < 1.29 is 9.59 Å². The number of nitrogens with zero attached hydrogens (tertiary/aromatic N) is 4. The second kappa shape index (κ2) is 8.38. The number of hydrogen-bond donors (Lipinski definition) is 1. The molecule has 7 rings (SSSR count). The number of pyridine rings is 1. The summed E-state index contributed by atoms with van der Waals surface area (Å²) in [6.07, 6.45) is 6.18. The first-order valence-electron chi connectivity index (χ1n) is 12.6. The Balaban J connectivity index is 1.31. The third-order valence-electron chi connectivity index (χ3n) is 8.12. The molecule has 2 unspecified atom stereocenters. The van der Waals surface area contributed by atoms with E-state index in [0.717, 1.165) is 63.1 Å². The van der Waals surface area contributed by atoms with Gasteiger partial charge in [0.2, 0.25) is 11.8 Å². The molecule has 0 radical (unpaired) electrons. The highest BCUT2D eigenvalue weighted by atomic mass is 35.5. The molecule has 1 aromatic carbocycles. The molecule has 1 aliphatic carbocycles. The van der Waals surface area contributed by atoms with Gasteiger partial charge in [-0.2, -0.15) is 5.26 Å². The van der Waals surface area contributed by atoms with Crippen LogP contribution < -0.4 is 5.32 Å². The van der Waals surface area contributed by atoms with Crippen LogP contribution in [0.5, 0.6) is 0 Å². The molecule has 2 aliphatic heterocycles. The summed E-state index contributed by atoms with van der Waals surface area (Å²) in [6, 6.07) is 12.6. The van der Waals surface area contributed by atoms with E-state index in [4.69, 9.17) is 11.6 Å². The van der Waals surface area contributed by atoms with Gasteiger partial charge in [0.1, 0.15) is 0 Å². The normalized spacial score (nSPS) is 22.5. The molecule has 1 saturated carbocycles. The molecule has 5 heterocycles. The van der Waals surface area contributed by atoms with Crippen LogP contribution in [0.4, 0.5) is 0 Å². The highest BCUT2D eigenvalue weighted by Gasteiger charge is 2.58. The standard InChI is InChI=1S/C28H24ClN5O2S/c29-17-9-16-2-8-33(15-28(14-30)3-6-31-7-4-28)24(16)20(10-17)19-1-5-32-23-11-18(37-25(19)23)13-34-26(35)21-12-22(21)27(34)36/h1-2,5,8-11,21-22,31H,3-4,6-7,12-13,15H2. The average molecular weight is 530 g/mol. The first-order chi connectivity index (χ1) is 18.0. The van der Waals surface area contributed by atoms with Gasteiger partial charge >= 0.3 is 0 Å². The van der Waals surface area contributed by atoms with Gasteiger partial charge in [-0.15, -0.1) is 11.3 Å². The van der Waals surface area contributed by atoms with Crippen molar-refractivity contribution in [1.29, 1.82) is 5.26 Å². The number of likely N-dealkylation sites (tertiary alicyclic amines) is 1. The summed E-state index contributed by atoms with van der Waals surface area (Å²) >= 11 is 8.15. The Kier molecular flexibility index (Phi) is 5.19. The highest BCUT2D eigenvalue weighted by molar-refractivity contribution is 7.19. The molecule has 3 fully saturated rings. The van der Waals surface area contributed by atoms with Gasteiger partial charge < -0.3 is 9.88 Å². The SMILES string of the molecule is N#CC1(Cn2ccc3cc(Cl)cc(-c4ccnc5cc(CN6C(=O)C7CC7C6=O)sc45)c32)CCNCC1. The average Bonchev–Trinajstić information content (AvgIpc) is 3.36. The Morgan fingerprint density at radius 2 is 1.92 bits per heavy atom. The van der Waals surface area contributed by atoms with Crippen molar-refractivity contribution in [3.63, 3.8) is 0 Å². The Bertz CT molecular complexity index is 1620. The summed E-state index contributed by atoms with van der Waals surface area (Å²) in [6.45, 7) is 2.61. The van der Waals surface area contributed by atoms with Crippen molar-refractivity contribution in [2.75, 3.05) is 13.1 Å². The van der Waals surface area contributed by atoms with Crippen molar-refractivity contribution in [1.82, 2.24) is 19.8 Å². The molecule has 1 N–H and O–H groups in total. The summed E-state index contributed by atoms with van der Waals surface area (Å²) in [7, 11) is 0. The van der Waals surface area contributed by atoms with Crippen LogP contribution in [0.2, 0.25) is 5.02 Å². The molecule has 186 valence electrons. The molecule has 3 aliphatic rings. The van der Waals surface area contributed by atoms with E-state index in [-0.39, 0.29) is 23.7 Å². The molecular formula is C28H24ClN5O2S. The number of nitrogens with one attached hydrogen (secondary N) is 1. The summed E-state index contributed by atoms with van der Waals surface area (Å²) < 4.78 is 3.19. The topological polar surface area (TPSA) is 91.0 Å². The van der Waals surface area contributed by atoms with Gasteiger partial charge in [0.25, 0.3) is 0 Å². The van der Waals surface area contributed by atoms with Crippen molar-refractivity contribution in [3.8, 4) is 17.2 Å². The molecule has 7 nitrogen and oxygen atoms in total. The van der Waals surface area contributed by atoms with Crippen molar-refractivity contribution in [2.45, 2.75) is 32.4 Å². The minimum absolute atomic E-state index is 0.0423. The second-order valence-corrected chi connectivity index (χ2v) is 12.0. The fourth-order valence-corrected chi connectivity index (χ4v) is 7.38. The molecular weight excluding hydrogens is 506 g/mol. The van der Waals surface area contributed by atoms with Gasteiger partial charge in [0.15, 0.2) is 0 Å². The van der Waals surface area contributed by atoms with Crippen molar-refractivity contribution in [2.24, 2.45) is 17.3 Å². The second-order valence-electron chi connectivity index (χ2n) is 10.5. The molecule has 3 aromatic heterocycles. The van der Waals surface area contributed by atoms with Crippen LogP contribution in [-0.4, -0.2) is 39.4 Å². The fourth-order valence-electron chi connectivity index (χ4n) is 6.03. The van der Waals surface area contributed by atoms with Gasteiger partial charge in [0, 0.05) is 45.4 Å². The number of carbonyl (C=O) groups excluding carboxylic acids is 2. The first kappa shape index (κ1) is 22.9. The zero-order valence-corrected chi connectivity index (χ0v) is 21.6. The predicted octanol–water partition coefficient (Wildman–Crippen LogP) is 4.97. The van der Waals surface area contributed by atoms with Gasteiger partial charge in [-0.3, -0.25) is 19.5 Å². The smallest absolute Gasteiger partial charge is 0.233 e. The lowest BCUT2D eigenvalue weighted by atomic mass is 9.80. The summed E-state index contributed by atoms with van der Waals surface area (Å²) in [5, 5.41) is 15.1. The lowest BCUT2D eigenvalue weighted by molar-refractivity contribution is -0.141. The number of imide groups is 1. The number of benzene rings is 1. The van der Waals surface area contributed by atoms with Crippen LogP contribution in [0.1, 0.15) is 24.1 Å². The van der Waals surface area contributed by atoms with Crippen LogP contribution in [0.25, 0.3) is 32.2 Å². The first-order valence-corrected chi connectivity index (χ1v) is 13.8. The minimum Gasteiger partial charge on any atom is -0.345 e. The van der Waals surface area contributed by atoms with Gasteiger partial charge in [-0.25, -0.2) is 0 Å².